The van der Waals surface area contributed by atoms with Crippen molar-refractivity contribution in [3.8, 4) is 0 Å². The van der Waals surface area contributed by atoms with Crippen LogP contribution in [-0.2, 0) is 0 Å². The van der Waals surface area contributed by atoms with Crippen LogP contribution in [0, 0.1) is 5.92 Å². The Morgan fingerprint density at radius 3 is 2.72 bits per heavy atom. The minimum absolute atomic E-state index is 0.313. The molecule has 102 valence electrons. The SMILES string of the molecule is C=N/C(N)=C\C=C(/C)N1CCC[C@@H](C(C)(C)O)C1. The average molecular weight is 251 g/mol. The van der Waals surface area contributed by atoms with Crippen LogP contribution in [0.4, 0.5) is 0 Å². The second-order valence-corrected chi connectivity index (χ2v) is 5.50. The topological polar surface area (TPSA) is 61.8 Å². The number of allylic oxidation sites excluding steroid dienone is 3. The molecule has 0 unspecified atom stereocenters. The molecule has 4 heteroatoms. The molecule has 4 nitrogen and oxygen atoms in total. The fourth-order valence-electron chi connectivity index (χ4n) is 2.24. The van der Waals surface area contributed by atoms with Gasteiger partial charge in [-0.15, -0.1) is 0 Å². The zero-order valence-corrected chi connectivity index (χ0v) is 11.7. The molecule has 1 saturated heterocycles. The summed E-state index contributed by atoms with van der Waals surface area (Å²) in [5, 5.41) is 10.1. The normalized spacial score (nSPS) is 23.1. The molecular formula is C14H25N3O. The molecule has 0 aromatic heterocycles. The molecule has 18 heavy (non-hydrogen) atoms. The van der Waals surface area contributed by atoms with E-state index < -0.39 is 5.60 Å². The maximum atomic E-state index is 10.1. The number of likely N-dealkylation sites (tertiary alicyclic amines) is 1. The van der Waals surface area contributed by atoms with Crippen molar-refractivity contribution in [2.75, 3.05) is 13.1 Å². The third-order valence-corrected chi connectivity index (χ3v) is 3.60. The molecule has 3 N–H and O–H groups in total. The van der Waals surface area contributed by atoms with Crippen LogP contribution in [0.2, 0.25) is 0 Å². The molecule has 1 aliphatic rings. The third-order valence-electron chi connectivity index (χ3n) is 3.60. The Kier molecular flexibility index (Phi) is 4.96. The lowest BCUT2D eigenvalue weighted by Gasteiger charge is -2.40. The van der Waals surface area contributed by atoms with Gasteiger partial charge in [-0.25, -0.2) is 4.99 Å². The standard InChI is InChI=1S/C14H25N3O/c1-11(7-8-13(15)16-4)17-9-5-6-12(10-17)14(2,3)18/h7-8,12,18H,4-6,9-10,15H2,1-3H3/b11-7+,13-8-/t12-/m1/s1. The molecule has 1 heterocycles. The van der Waals surface area contributed by atoms with E-state index in [0.29, 0.717) is 11.7 Å². The van der Waals surface area contributed by atoms with Gasteiger partial charge in [-0.2, -0.15) is 0 Å². The van der Waals surface area contributed by atoms with Gasteiger partial charge in [0.05, 0.1) is 5.60 Å². The van der Waals surface area contributed by atoms with Crippen molar-refractivity contribution in [1.82, 2.24) is 4.90 Å². The highest BCUT2D eigenvalue weighted by Gasteiger charge is 2.31. The molecule has 1 fully saturated rings. The van der Waals surface area contributed by atoms with Crippen LogP contribution in [0.1, 0.15) is 33.6 Å². The van der Waals surface area contributed by atoms with Gasteiger partial charge in [-0.1, -0.05) is 0 Å². The number of hydrogen-bond acceptors (Lipinski definition) is 4. The summed E-state index contributed by atoms with van der Waals surface area (Å²) < 4.78 is 0. The van der Waals surface area contributed by atoms with Crippen molar-refractivity contribution in [2.45, 2.75) is 39.2 Å². The fourth-order valence-corrected chi connectivity index (χ4v) is 2.24. The molecule has 0 saturated carbocycles. The monoisotopic (exact) mass is 251 g/mol. The maximum Gasteiger partial charge on any atom is 0.122 e. The first-order valence-electron chi connectivity index (χ1n) is 6.42. The Bertz CT molecular complexity index is 353. The highest BCUT2D eigenvalue weighted by molar-refractivity contribution is 5.29. The summed E-state index contributed by atoms with van der Waals surface area (Å²) in [4.78, 5) is 5.94. The van der Waals surface area contributed by atoms with Crippen LogP contribution >= 0.6 is 0 Å². The van der Waals surface area contributed by atoms with E-state index in [9.17, 15) is 5.11 Å². The summed E-state index contributed by atoms with van der Waals surface area (Å²) in [6.07, 6.45) is 5.91. The van der Waals surface area contributed by atoms with Crippen LogP contribution < -0.4 is 5.73 Å². The van der Waals surface area contributed by atoms with Crippen molar-refractivity contribution < 1.29 is 5.11 Å². The van der Waals surface area contributed by atoms with Crippen LogP contribution in [0.5, 0.6) is 0 Å². The summed E-state index contributed by atoms with van der Waals surface area (Å²) in [5.74, 6) is 0.735. The average Bonchev–Trinajstić information content (AvgIpc) is 2.34. The summed E-state index contributed by atoms with van der Waals surface area (Å²) in [7, 11) is 0. The number of hydrogen-bond donors (Lipinski definition) is 2. The van der Waals surface area contributed by atoms with Gasteiger partial charge in [0.15, 0.2) is 0 Å². The first-order chi connectivity index (χ1) is 8.34. The Hall–Kier alpha value is -1.29. The molecule has 0 radical (unpaired) electrons. The van der Waals surface area contributed by atoms with E-state index in [-0.39, 0.29) is 0 Å². The van der Waals surface area contributed by atoms with Crippen molar-refractivity contribution in [3.63, 3.8) is 0 Å². The minimum Gasteiger partial charge on any atom is -0.390 e. The van der Waals surface area contributed by atoms with Crippen molar-refractivity contribution in [2.24, 2.45) is 16.6 Å². The van der Waals surface area contributed by atoms with Gasteiger partial charge < -0.3 is 15.7 Å². The Balaban J connectivity index is 2.69. The van der Waals surface area contributed by atoms with Crippen LogP contribution in [-0.4, -0.2) is 35.4 Å². The number of aliphatic imine (C=N–C) groups is 1. The van der Waals surface area contributed by atoms with Gasteiger partial charge in [-0.05, 0) is 52.5 Å². The van der Waals surface area contributed by atoms with E-state index in [1.165, 1.54) is 0 Å². The largest absolute Gasteiger partial charge is 0.390 e. The number of nitrogens with two attached hydrogens (primary N) is 1. The molecule has 0 aliphatic carbocycles. The molecule has 1 atom stereocenters. The van der Waals surface area contributed by atoms with Gasteiger partial charge >= 0.3 is 0 Å². The quantitative estimate of drug-likeness (QED) is 0.592. The molecule has 0 aromatic carbocycles. The number of rotatable bonds is 4. The zero-order valence-electron chi connectivity index (χ0n) is 11.7. The van der Waals surface area contributed by atoms with Crippen LogP contribution in [0.25, 0.3) is 0 Å². The van der Waals surface area contributed by atoms with E-state index >= 15 is 0 Å². The second kappa shape index (κ2) is 6.05. The van der Waals surface area contributed by atoms with E-state index in [1.54, 1.807) is 6.08 Å². The third kappa shape index (κ3) is 4.18. The zero-order chi connectivity index (χ0) is 13.8. The molecule has 1 rings (SSSR count). The molecule has 0 aromatic rings. The maximum absolute atomic E-state index is 10.1. The minimum atomic E-state index is -0.615. The summed E-state index contributed by atoms with van der Waals surface area (Å²) in [5.41, 5.74) is 6.11. The second-order valence-electron chi connectivity index (χ2n) is 5.50. The van der Waals surface area contributed by atoms with Gasteiger partial charge in [0.1, 0.15) is 5.82 Å². The van der Waals surface area contributed by atoms with E-state index in [2.05, 4.69) is 23.5 Å². The Morgan fingerprint density at radius 1 is 1.50 bits per heavy atom. The van der Waals surface area contributed by atoms with E-state index in [0.717, 1.165) is 31.6 Å². The van der Waals surface area contributed by atoms with Gasteiger partial charge in [0.25, 0.3) is 0 Å². The molecule has 0 amide bonds. The smallest absolute Gasteiger partial charge is 0.122 e. The number of nitrogens with zero attached hydrogens (tertiary/aromatic N) is 2. The predicted molar refractivity (Wildman–Crippen MR) is 76.2 cm³/mol. The van der Waals surface area contributed by atoms with E-state index in [1.807, 2.05) is 19.9 Å². The Labute approximate surface area is 110 Å². The lowest BCUT2D eigenvalue weighted by atomic mass is 9.84. The molecule has 0 bridgehead atoms. The van der Waals surface area contributed by atoms with Crippen molar-refractivity contribution >= 4 is 6.72 Å². The lowest BCUT2D eigenvalue weighted by molar-refractivity contribution is -0.0120. The Morgan fingerprint density at radius 2 is 2.17 bits per heavy atom. The van der Waals surface area contributed by atoms with Gasteiger partial charge in [0.2, 0.25) is 0 Å². The molecule has 0 spiro atoms. The predicted octanol–water partition coefficient (Wildman–Crippen LogP) is 1.87. The lowest BCUT2D eigenvalue weighted by Crippen LogP contribution is -2.43. The van der Waals surface area contributed by atoms with E-state index in [4.69, 9.17) is 5.73 Å². The van der Waals surface area contributed by atoms with Crippen molar-refractivity contribution in [1.29, 1.82) is 0 Å². The summed E-state index contributed by atoms with van der Waals surface area (Å²) >= 11 is 0. The van der Waals surface area contributed by atoms with Crippen LogP contribution in [0.15, 0.2) is 28.7 Å². The highest BCUT2D eigenvalue weighted by atomic mass is 16.3. The first-order valence-corrected chi connectivity index (χ1v) is 6.42. The summed E-state index contributed by atoms with van der Waals surface area (Å²) in [6, 6.07) is 0. The first kappa shape index (κ1) is 14.8. The molecule has 1 aliphatic heterocycles. The van der Waals surface area contributed by atoms with Gasteiger partial charge in [-0.3, -0.25) is 0 Å². The fraction of sp³-hybridized carbons (Fsp3) is 0.643. The van der Waals surface area contributed by atoms with Gasteiger partial charge in [0, 0.05) is 24.7 Å². The summed E-state index contributed by atoms with van der Waals surface area (Å²) in [6.45, 7) is 11.1. The highest BCUT2D eigenvalue weighted by Crippen LogP contribution is 2.28. The van der Waals surface area contributed by atoms with Crippen LogP contribution in [0.3, 0.4) is 0 Å². The molecular weight excluding hydrogens is 226 g/mol. The number of piperidine rings is 1. The number of aliphatic hydroxyl groups is 1. The van der Waals surface area contributed by atoms with Crippen molar-refractivity contribution in [3.05, 3.63) is 23.7 Å².